The van der Waals surface area contributed by atoms with E-state index in [0.717, 1.165) is 6.16 Å². The van der Waals surface area contributed by atoms with Crippen LogP contribution in [-0.4, -0.2) is 12.1 Å². The Morgan fingerprint density at radius 2 is 1.17 bits per heavy atom. The average Bonchev–Trinajstić information content (AvgIpc) is 3.08. The van der Waals surface area contributed by atoms with Crippen molar-refractivity contribution >= 4 is 45.1 Å². The second-order valence-corrected chi connectivity index (χ2v) is 10.9. The Balaban J connectivity index is 0.00000240. The van der Waals surface area contributed by atoms with E-state index in [9.17, 15) is 4.79 Å². The monoisotopic (exact) mass is 528 g/mol. The van der Waals surface area contributed by atoms with Crippen LogP contribution in [0.4, 0.5) is 0 Å². The lowest BCUT2D eigenvalue weighted by Gasteiger charge is -2.26. The summed E-state index contributed by atoms with van der Waals surface area (Å²) in [5.74, 6) is 0.262. The normalized spacial score (nSPS) is 14.9. The van der Waals surface area contributed by atoms with Crippen LogP contribution in [0.5, 0.6) is 0 Å². The summed E-state index contributed by atoms with van der Waals surface area (Å²) < 4.78 is 5.84. The first-order valence-electron chi connectivity index (χ1n) is 9.04. The quantitative estimate of drug-likeness (QED) is 0.371. The Morgan fingerprint density at radius 3 is 1.52 bits per heavy atom. The van der Waals surface area contributed by atoms with Crippen molar-refractivity contribution in [3.05, 3.63) is 113 Å². The third-order valence-corrected chi connectivity index (χ3v) is 9.65. The number of esters is 1. The average molecular weight is 530 g/mol. The number of hydrogen-bond acceptors (Lipinski definition) is 2. The molecule has 0 radical (unpaired) electrons. The molecule has 0 atom stereocenters. The molecule has 0 aromatic heterocycles. The van der Waals surface area contributed by atoms with Crippen LogP contribution in [0, 0.1) is 0 Å². The zero-order valence-corrected chi connectivity index (χ0v) is 19.6. The molecule has 3 aromatic rings. The zero-order valence-electron chi connectivity index (χ0n) is 15.5. The van der Waals surface area contributed by atoms with Gasteiger partial charge in [0.15, 0.2) is 0 Å². The summed E-state index contributed by atoms with van der Waals surface area (Å²) in [4.78, 5) is 11.7. The molecule has 1 aliphatic heterocycles. The van der Waals surface area contributed by atoms with Gasteiger partial charge in [-0.15, -0.1) is 0 Å². The van der Waals surface area contributed by atoms with Crippen LogP contribution in [0.1, 0.15) is 0 Å². The number of carbonyl (C=O) groups excluding carboxylic acids is 1. The van der Waals surface area contributed by atoms with Crippen molar-refractivity contribution in [2.24, 2.45) is 0 Å². The highest BCUT2D eigenvalue weighted by Crippen LogP contribution is 2.55. The first-order valence-corrected chi connectivity index (χ1v) is 11.8. The van der Waals surface area contributed by atoms with Crippen molar-refractivity contribution in [2.45, 2.75) is 0 Å². The van der Waals surface area contributed by atoms with E-state index in [4.69, 9.17) is 4.74 Å². The second-order valence-electron chi connectivity index (χ2n) is 6.49. The summed E-state index contributed by atoms with van der Waals surface area (Å²) in [6, 6.07) is 31.9. The van der Waals surface area contributed by atoms with Gasteiger partial charge in [0.1, 0.15) is 33.4 Å². The molecule has 29 heavy (non-hydrogen) atoms. The first-order chi connectivity index (χ1) is 13.7. The van der Waals surface area contributed by atoms with Crippen LogP contribution in [0.2, 0.25) is 0 Å². The fourth-order valence-electron chi connectivity index (χ4n) is 3.51. The molecule has 0 saturated carbocycles. The minimum Gasteiger partial charge on any atom is -1.00 e. The van der Waals surface area contributed by atoms with E-state index in [1.165, 1.54) is 15.9 Å². The van der Waals surface area contributed by atoms with Crippen LogP contribution in [0.3, 0.4) is 0 Å². The minimum absolute atomic E-state index is 0. The molecule has 4 rings (SSSR count). The van der Waals surface area contributed by atoms with Crippen molar-refractivity contribution in [3.8, 4) is 0 Å². The molecule has 0 unspecified atom stereocenters. The van der Waals surface area contributed by atoms with Crippen molar-refractivity contribution < 1.29 is 26.5 Å². The van der Waals surface area contributed by atoms with Gasteiger partial charge in [0.25, 0.3) is 0 Å². The van der Waals surface area contributed by atoms with E-state index in [2.05, 4.69) is 88.7 Å². The predicted octanol–water partition coefficient (Wildman–Crippen LogP) is 1.70. The molecule has 0 N–H and O–H groups in total. The summed E-state index contributed by atoms with van der Waals surface area (Å²) in [6.45, 7) is 0. The molecular weight excluding hydrogens is 511 g/mol. The SMILES string of the molecule is O=C1O/C(=C\C[P+](c2ccccc2)(c2ccccc2)c2ccccc2)C=C1Br.[Br-]. The molecule has 1 heterocycles. The van der Waals surface area contributed by atoms with Crippen molar-refractivity contribution in [1.82, 2.24) is 0 Å². The molecule has 0 bridgehead atoms. The summed E-state index contributed by atoms with van der Waals surface area (Å²) >= 11 is 3.25. The van der Waals surface area contributed by atoms with Gasteiger partial charge in [-0.05, 0) is 58.4 Å². The molecule has 3 aromatic carbocycles. The van der Waals surface area contributed by atoms with E-state index in [1.54, 1.807) is 6.08 Å². The van der Waals surface area contributed by atoms with Gasteiger partial charge in [-0.1, -0.05) is 54.6 Å². The highest BCUT2D eigenvalue weighted by atomic mass is 79.9. The standard InChI is InChI=1S/C24H19BrO2P.BrH/c25-23-18-19(27-24(23)26)16-17-28(20-10-4-1-5-11-20,21-12-6-2-7-13-21)22-14-8-3-9-15-22;/h1-16,18H,17H2;1H/q+1;/p-1/b19-16-;. The number of ether oxygens (including phenoxy) is 1. The Labute approximate surface area is 190 Å². The fourth-order valence-corrected chi connectivity index (χ4v) is 7.84. The number of benzene rings is 3. The number of hydrogen-bond donors (Lipinski definition) is 0. The summed E-state index contributed by atoms with van der Waals surface area (Å²) in [7, 11) is -1.96. The molecule has 0 saturated heterocycles. The molecule has 0 amide bonds. The van der Waals surface area contributed by atoms with Crippen LogP contribution < -0.4 is 32.9 Å². The third-order valence-electron chi connectivity index (χ3n) is 4.83. The maximum Gasteiger partial charge on any atom is 0.350 e. The highest BCUT2D eigenvalue weighted by Gasteiger charge is 2.44. The van der Waals surface area contributed by atoms with Gasteiger partial charge in [-0.2, -0.15) is 0 Å². The number of allylic oxidation sites excluding steroid dienone is 2. The molecule has 146 valence electrons. The van der Waals surface area contributed by atoms with E-state index >= 15 is 0 Å². The Morgan fingerprint density at radius 1 is 0.759 bits per heavy atom. The lowest BCUT2D eigenvalue weighted by molar-refractivity contribution is -0.132. The van der Waals surface area contributed by atoms with Crippen LogP contribution in [0.15, 0.2) is 113 Å². The van der Waals surface area contributed by atoms with Gasteiger partial charge in [0.2, 0.25) is 0 Å². The van der Waals surface area contributed by atoms with Gasteiger partial charge in [0, 0.05) is 6.08 Å². The summed E-state index contributed by atoms with van der Waals surface area (Å²) in [6.07, 6.45) is 4.56. The van der Waals surface area contributed by atoms with Gasteiger partial charge >= 0.3 is 5.97 Å². The number of halogens is 2. The highest BCUT2D eigenvalue weighted by molar-refractivity contribution is 9.12. The van der Waals surface area contributed by atoms with Gasteiger partial charge in [0.05, 0.1) is 6.16 Å². The predicted molar refractivity (Wildman–Crippen MR) is 121 cm³/mol. The molecule has 0 fully saturated rings. The van der Waals surface area contributed by atoms with Gasteiger partial charge < -0.3 is 21.7 Å². The summed E-state index contributed by atoms with van der Waals surface area (Å²) in [5, 5.41) is 3.91. The van der Waals surface area contributed by atoms with E-state index in [1.807, 2.05) is 24.3 Å². The third kappa shape index (κ3) is 4.45. The van der Waals surface area contributed by atoms with E-state index < -0.39 is 7.26 Å². The van der Waals surface area contributed by atoms with Crippen LogP contribution in [-0.2, 0) is 9.53 Å². The summed E-state index contributed by atoms with van der Waals surface area (Å²) in [5.41, 5.74) is 0. The zero-order chi connectivity index (χ0) is 19.4. The number of cyclic esters (lactones) is 1. The maximum atomic E-state index is 11.7. The molecule has 2 nitrogen and oxygen atoms in total. The van der Waals surface area contributed by atoms with Crippen molar-refractivity contribution in [1.29, 1.82) is 0 Å². The number of carbonyl (C=O) groups is 1. The Bertz CT molecular complexity index is 936. The minimum atomic E-state index is -1.96. The van der Waals surface area contributed by atoms with Gasteiger partial charge in [-0.3, -0.25) is 0 Å². The lowest BCUT2D eigenvalue weighted by Crippen LogP contribution is -3.00. The molecule has 0 aliphatic carbocycles. The number of rotatable bonds is 5. The van der Waals surface area contributed by atoms with Crippen LogP contribution >= 0.6 is 23.2 Å². The fraction of sp³-hybridized carbons (Fsp3) is 0.0417. The molecular formula is C24H19Br2O2P. The maximum absolute atomic E-state index is 11.7. The largest absolute Gasteiger partial charge is 1.00 e. The van der Waals surface area contributed by atoms with Crippen molar-refractivity contribution in [2.75, 3.05) is 6.16 Å². The van der Waals surface area contributed by atoms with Gasteiger partial charge in [-0.25, -0.2) is 4.79 Å². The lowest BCUT2D eigenvalue weighted by atomic mass is 10.4. The molecule has 5 heteroatoms. The Kier molecular flexibility index (Phi) is 7.23. The van der Waals surface area contributed by atoms with E-state index in [0.29, 0.717) is 10.2 Å². The van der Waals surface area contributed by atoms with Crippen LogP contribution in [0.25, 0.3) is 0 Å². The van der Waals surface area contributed by atoms with E-state index in [-0.39, 0.29) is 23.0 Å². The molecule has 0 spiro atoms. The molecule has 1 aliphatic rings. The smallest absolute Gasteiger partial charge is 0.350 e. The first kappa shape index (κ1) is 21.7. The van der Waals surface area contributed by atoms with Crippen molar-refractivity contribution in [3.63, 3.8) is 0 Å². The second kappa shape index (κ2) is 9.67. The Hall–Kier alpha value is -2.00. The topological polar surface area (TPSA) is 26.3 Å².